The number of benzene rings is 1. The lowest BCUT2D eigenvalue weighted by atomic mass is 9.81. The minimum absolute atomic E-state index is 0.0212. The zero-order valence-corrected chi connectivity index (χ0v) is 14.1. The molecule has 4 nitrogen and oxygen atoms in total. The highest BCUT2D eigenvalue weighted by Gasteiger charge is 2.44. The van der Waals surface area contributed by atoms with Gasteiger partial charge in [0.2, 0.25) is 5.91 Å². The predicted molar refractivity (Wildman–Crippen MR) is 83.8 cm³/mol. The second-order valence-corrected chi connectivity index (χ2v) is 7.33. The monoisotopic (exact) mass is 353 g/mol. The van der Waals surface area contributed by atoms with Crippen LogP contribution in [0.15, 0.2) is 28.7 Å². The summed E-state index contributed by atoms with van der Waals surface area (Å²) in [6.07, 6.45) is 0.683. The fourth-order valence-electron chi connectivity index (χ4n) is 2.98. The van der Waals surface area contributed by atoms with E-state index >= 15 is 0 Å². The van der Waals surface area contributed by atoms with E-state index in [1.54, 1.807) is 4.90 Å². The molecular weight excluding hydrogens is 334 g/mol. The fraction of sp³-hybridized carbons (Fsp3) is 0.500. The first-order valence-corrected chi connectivity index (χ1v) is 7.81. The molecule has 1 aliphatic rings. The molecule has 1 saturated heterocycles. The maximum absolute atomic E-state index is 12.4. The zero-order valence-electron chi connectivity index (χ0n) is 12.5. The van der Waals surface area contributed by atoms with Gasteiger partial charge in [0.25, 0.3) is 0 Å². The number of piperidine rings is 1. The predicted octanol–water partition coefficient (Wildman–Crippen LogP) is 3.61. The molecule has 0 saturated carbocycles. The van der Waals surface area contributed by atoms with E-state index in [4.69, 9.17) is 0 Å². The van der Waals surface area contributed by atoms with Crippen molar-refractivity contribution in [2.24, 2.45) is 5.92 Å². The summed E-state index contributed by atoms with van der Waals surface area (Å²) in [5, 5.41) is 9.55. The van der Waals surface area contributed by atoms with E-state index in [1.165, 1.54) is 0 Å². The Hall–Kier alpha value is -1.36. The summed E-state index contributed by atoms with van der Waals surface area (Å²) in [6.45, 7) is 5.84. The first-order chi connectivity index (χ1) is 9.71. The number of hydrogen-bond acceptors (Lipinski definition) is 2. The molecule has 1 aliphatic heterocycles. The van der Waals surface area contributed by atoms with Gasteiger partial charge >= 0.3 is 5.97 Å². The highest BCUT2D eigenvalue weighted by Crippen LogP contribution is 2.41. The van der Waals surface area contributed by atoms with Crippen LogP contribution in [0.3, 0.4) is 0 Å². The number of carbonyl (C=O) groups is 2. The number of carbonyl (C=O) groups excluding carboxylic acids is 1. The van der Waals surface area contributed by atoms with Gasteiger partial charge in [-0.2, -0.15) is 0 Å². The third-order valence-electron chi connectivity index (χ3n) is 3.85. The molecule has 5 heteroatoms. The van der Waals surface area contributed by atoms with Gasteiger partial charge in [-0.05, 0) is 44.9 Å². The van der Waals surface area contributed by atoms with Crippen molar-refractivity contribution >= 4 is 27.8 Å². The second kappa shape index (κ2) is 5.79. The van der Waals surface area contributed by atoms with Crippen LogP contribution in [0.1, 0.15) is 45.2 Å². The summed E-state index contributed by atoms with van der Waals surface area (Å²) in [6, 6.07) is 7.13. The molecule has 21 heavy (non-hydrogen) atoms. The maximum Gasteiger partial charge on any atom is 0.308 e. The van der Waals surface area contributed by atoms with Crippen LogP contribution in [-0.4, -0.2) is 27.4 Å². The molecule has 0 radical (unpaired) electrons. The third-order valence-corrected chi connectivity index (χ3v) is 4.38. The van der Waals surface area contributed by atoms with E-state index in [0.29, 0.717) is 12.8 Å². The van der Waals surface area contributed by atoms with Crippen LogP contribution in [0.25, 0.3) is 0 Å². The minimum atomic E-state index is -0.843. The van der Waals surface area contributed by atoms with Crippen LogP contribution in [0.2, 0.25) is 0 Å². The number of likely N-dealkylation sites (tertiary alicyclic amines) is 1. The van der Waals surface area contributed by atoms with Crippen LogP contribution in [0.4, 0.5) is 0 Å². The average Bonchev–Trinajstić information content (AvgIpc) is 2.37. The molecule has 0 aliphatic carbocycles. The molecule has 2 atom stereocenters. The van der Waals surface area contributed by atoms with Crippen molar-refractivity contribution < 1.29 is 14.7 Å². The lowest BCUT2D eigenvalue weighted by Gasteiger charge is -2.47. The Morgan fingerprint density at radius 2 is 1.86 bits per heavy atom. The quantitative estimate of drug-likeness (QED) is 0.883. The molecule has 2 rings (SSSR count). The largest absolute Gasteiger partial charge is 0.481 e. The molecule has 1 N–H and O–H groups in total. The lowest BCUT2D eigenvalue weighted by molar-refractivity contribution is -0.156. The van der Waals surface area contributed by atoms with Gasteiger partial charge in [-0.25, -0.2) is 0 Å². The first-order valence-electron chi connectivity index (χ1n) is 7.02. The Balaban J connectivity index is 2.51. The van der Waals surface area contributed by atoms with Crippen molar-refractivity contribution in [3.05, 3.63) is 34.3 Å². The number of rotatable bonds is 2. The molecule has 1 heterocycles. The summed E-state index contributed by atoms with van der Waals surface area (Å²) in [5.74, 6) is -1.39. The summed E-state index contributed by atoms with van der Waals surface area (Å²) in [5.41, 5.74) is 0.455. The van der Waals surface area contributed by atoms with Crippen molar-refractivity contribution in [3.63, 3.8) is 0 Å². The number of amides is 1. The Bertz CT molecular complexity index is 548. The van der Waals surface area contributed by atoms with Crippen molar-refractivity contribution in [3.8, 4) is 0 Å². The second-order valence-electron chi connectivity index (χ2n) is 6.41. The molecule has 0 bridgehead atoms. The first kappa shape index (κ1) is 16.0. The smallest absolute Gasteiger partial charge is 0.308 e. The van der Waals surface area contributed by atoms with Gasteiger partial charge in [-0.1, -0.05) is 28.1 Å². The number of carboxylic acid groups (broad SMARTS) is 1. The molecule has 1 aromatic carbocycles. The van der Waals surface area contributed by atoms with E-state index in [0.717, 1.165) is 10.0 Å². The number of halogens is 1. The standard InChI is InChI=1S/C16H20BrNO3/c1-16(2,3)18-13(19)9-8-12(15(20)21)14(18)10-4-6-11(17)7-5-10/h4-7,12,14H,8-9H2,1-3H3,(H,20,21). The lowest BCUT2D eigenvalue weighted by Crippen LogP contribution is -2.53. The average molecular weight is 354 g/mol. The Labute approximate surface area is 133 Å². The number of aliphatic carboxylic acids is 1. The van der Waals surface area contributed by atoms with Crippen molar-refractivity contribution in [2.45, 2.75) is 45.2 Å². The molecule has 2 unspecified atom stereocenters. The van der Waals surface area contributed by atoms with E-state index in [9.17, 15) is 14.7 Å². The van der Waals surface area contributed by atoms with Gasteiger partial charge in [-0.3, -0.25) is 9.59 Å². The van der Waals surface area contributed by atoms with E-state index in [1.807, 2.05) is 45.0 Å². The highest BCUT2D eigenvalue weighted by molar-refractivity contribution is 9.10. The molecule has 114 valence electrons. The van der Waals surface area contributed by atoms with Crippen LogP contribution >= 0.6 is 15.9 Å². The van der Waals surface area contributed by atoms with Crippen molar-refractivity contribution in [2.75, 3.05) is 0 Å². The molecule has 0 spiro atoms. The third kappa shape index (κ3) is 3.28. The molecule has 1 aromatic rings. The SMILES string of the molecule is CC(C)(C)N1C(=O)CCC(C(=O)O)C1c1ccc(Br)cc1. The highest BCUT2D eigenvalue weighted by atomic mass is 79.9. The topological polar surface area (TPSA) is 57.6 Å². The molecule has 1 fully saturated rings. The molecule has 1 amide bonds. The van der Waals surface area contributed by atoms with Gasteiger partial charge in [0.1, 0.15) is 0 Å². The van der Waals surface area contributed by atoms with Crippen molar-refractivity contribution in [1.29, 1.82) is 0 Å². The van der Waals surface area contributed by atoms with Gasteiger partial charge in [0, 0.05) is 16.4 Å². The summed E-state index contributed by atoms with van der Waals surface area (Å²) in [7, 11) is 0. The Kier molecular flexibility index (Phi) is 4.42. The maximum atomic E-state index is 12.4. The van der Waals surface area contributed by atoms with Gasteiger partial charge in [-0.15, -0.1) is 0 Å². The van der Waals surface area contributed by atoms with Gasteiger partial charge < -0.3 is 10.0 Å². The van der Waals surface area contributed by atoms with Crippen molar-refractivity contribution in [1.82, 2.24) is 4.90 Å². The number of nitrogens with zero attached hydrogens (tertiary/aromatic N) is 1. The van der Waals surface area contributed by atoms with Crippen LogP contribution in [0.5, 0.6) is 0 Å². The Morgan fingerprint density at radius 1 is 1.29 bits per heavy atom. The van der Waals surface area contributed by atoms with Crippen LogP contribution < -0.4 is 0 Å². The van der Waals surface area contributed by atoms with Gasteiger partial charge in [0.15, 0.2) is 0 Å². The Morgan fingerprint density at radius 3 is 2.33 bits per heavy atom. The summed E-state index contributed by atoms with van der Waals surface area (Å²) in [4.78, 5) is 25.8. The molecule has 0 aromatic heterocycles. The number of carboxylic acids is 1. The number of hydrogen-bond donors (Lipinski definition) is 1. The summed E-state index contributed by atoms with van der Waals surface area (Å²) < 4.78 is 0.933. The van der Waals surface area contributed by atoms with E-state index in [-0.39, 0.29) is 5.91 Å². The van der Waals surface area contributed by atoms with E-state index in [2.05, 4.69) is 15.9 Å². The summed E-state index contributed by atoms with van der Waals surface area (Å²) >= 11 is 3.38. The fourth-order valence-corrected chi connectivity index (χ4v) is 3.25. The molecular formula is C16H20BrNO3. The van der Waals surface area contributed by atoms with Gasteiger partial charge in [0.05, 0.1) is 12.0 Å². The van der Waals surface area contributed by atoms with E-state index < -0.39 is 23.5 Å². The normalized spacial score (nSPS) is 23.2. The van der Waals surface area contributed by atoms with Crippen LogP contribution in [-0.2, 0) is 9.59 Å². The zero-order chi connectivity index (χ0) is 15.8. The minimum Gasteiger partial charge on any atom is -0.481 e. The van der Waals surface area contributed by atoms with Crippen LogP contribution in [0, 0.1) is 5.92 Å².